The molecule has 1 amide bonds. The van der Waals surface area contributed by atoms with E-state index in [0.717, 1.165) is 41.5 Å². The number of ether oxygens (including phenoxy) is 1. The van der Waals surface area contributed by atoms with Crippen LogP contribution in [0.4, 0.5) is 29.6 Å². The number of halogens is 3. The second kappa shape index (κ2) is 14.7. The number of anilines is 2. The van der Waals surface area contributed by atoms with E-state index in [1.165, 1.54) is 0 Å². The van der Waals surface area contributed by atoms with Crippen molar-refractivity contribution in [2.75, 3.05) is 18.4 Å². The molecule has 1 saturated heterocycles. The third kappa shape index (κ3) is 10.9. The topological polar surface area (TPSA) is 118 Å². The number of likely N-dealkylation sites (tertiary alicyclic amines) is 1. The molecule has 0 aliphatic carbocycles. The van der Waals surface area contributed by atoms with Gasteiger partial charge in [-0.3, -0.25) is 4.79 Å². The first-order chi connectivity index (χ1) is 20.1. The van der Waals surface area contributed by atoms with Crippen molar-refractivity contribution in [3.63, 3.8) is 0 Å². The third-order valence-electron chi connectivity index (χ3n) is 6.67. The zero-order valence-corrected chi connectivity index (χ0v) is 25.0. The summed E-state index contributed by atoms with van der Waals surface area (Å²) in [6.45, 7) is 7.89. The molecule has 13 heteroatoms. The molecule has 1 aliphatic rings. The first-order valence-electron chi connectivity index (χ1n) is 14.0. The van der Waals surface area contributed by atoms with Crippen molar-refractivity contribution >= 4 is 45.6 Å². The van der Waals surface area contributed by atoms with Gasteiger partial charge in [-0.2, -0.15) is 0 Å². The fourth-order valence-corrected chi connectivity index (χ4v) is 4.61. The fourth-order valence-electron chi connectivity index (χ4n) is 4.61. The number of hydrogen-bond donors (Lipinski definition) is 2. The quantitative estimate of drug-likeness (QED) is 0.364. The molecule has 1 fully saturated rings. The predicted octanol–water partition coefficient (Wildman–Crippen LogP) is 5.42. The van der Waals surface area contributed by atoms with Crippen LogP contribution in [-0.4, -0.2) is 73.4 Å². The number of hydrogen-bond acceptors (Lipinski definition) is 7. The van der Waals surface area contributed by atoms with E-state index in [0.29, 0.717) is 31.1 Å². The minimum atomic E-state index is -4.55. The van der Waals surface area contributed by atoms with E-state index < -0.39 is 23.3 Å². The molecule has 226 valence electrons. The first-order valence-corrected chi connectivity index (χ1v) is 14.0. The van der Waals surface area contributed by atoms with Gasteiger partial charge in [0.15, 0.2) is 0 Å². The molecule has 2 aromatic heterocycles. The molecule has 1 aliphatic heterocycles. The molecular formula is C30H35F3LiN5O4. The number of rotatable bonds is 6. The Morgan fingerprint density at radius 3 is 2.21 bits per heavy atom. The van der Waals surface area contributed by atoms with Crippen LogP contribution in [0.25, 0.3) is 0 Å². The Hall–Kier alpha value is -3.62. The van der Waals surface area contributed by atoms with Crippen molar-refractivity contribution in [3.05, 3.63) is 71.3 Å². The van der Waals surface area contributed by atoms with E-state index in [2.05, 4.69) is 20.3 Å². The Bertz CT molecular complexity index is 1390. The maximum atomic E-state index is 13.6. The maximum absolute atomic E-state index is 13.6. The number of benzene rings is 1. The summed E-state index contributed by atoms with van der Waals surface area (Å²) in [7, 11) is 0. The molecule has 0 radical (unpaired) electrons. The van der Waals surface area contributed by atoms with Crippen LogP contribution in [0, 0.1) is 0 Å². The van der Waals surface area contributed by atoms with Crippen molar-refractivity contribution < 1.29 is 32.6 Å². The predicted molar refractivity (Wildman–Crippen MR) is 157 cm³/mol. The van der Waals surface area contributed by atoms with Gasteiger partial charge in [0, 0.05) is 20.0 Å². The van der Waals surface area contributed by atoms with Crippen molar-refractivity contribution in [2.24, 2.45) is 0 Å². The number of aromatic nitrogens is 3. The Balaban J connectivity index is 0.00000119. The number of carboxylic acids is 1. The summed E-state index contributed by atoms with van der Waals surface area (Å²) >= 11 is 1.88. The van der Waals surface area contributed by atoms with Crippen LogP contribution in [-0.2, 0) is 28.5 Å². The Kier molecular flexibility index (Phi) is 11.6. The summed E-state index contributed by atoms with van der Waals surface area (Å²) in [6.07, 6.45) is -0.282. The SMILES string of the molecule is CC(=O)O.[Li][c]1cccnc1CCc1nc(Nc2ccc(C3CCN(C(=O)OC(C)(C)C)CC3)cc2)ncc1C(F)(F)F. The molecule has 0 unspecified atom stereocenters. The van der Waals surface area contributed by atoms with E-state index >= 15 is 0 Å². The van der Waals surface area contributed by atoms with Gasteiger partial charge < -0.3 is 14.7 Å². The summed E-state index contributed by atoms with van der Waals surface area (Å²) in [6, 6.07) is 11.4. The van der Waals surface area contributed by atoms with Gasteiger partial charge in [-0.1, -0.05) is 0 Å². The van der Waals surface area contributed by atoms with Crippen LogP contribution in [0.3, 0.4) is 0 Å². The Morgan fingerprint density at radius 2 is 1.65 bits per heavy atom. The number of amides is 1. The van der Waals surface area contributed by atoms with Crippen LogP contribution in [0.2, 0.25) is 0 Å². The van der Waals surface area contributed by atoms with Gasteiger partial charge in [0.25, 0.3) is 5.97 Å². The molecule has 0 spiro atoms. The van der Waals surface area contributed by atoms with Gasteiger partial charge in [0.2, 0.25) is 0 Å². The Morgan fingerprint density at radius 1 is 1.05 bits per heavy atom. The fraction of sp³-hybridized carbons (Fsp3) is 0.433. The van der Waals surface area contributed by atoms with Crippen LogP contribution in [0.1, 0.15) is 69.0 Å². The van der Waals surface area contributed by atoms with Gasteiger partial charge in [0.1, 0.15) is 5.60 Å². The standard InChI is InChI=1S/C28H31F3N5O2.C2H4O2.Li/c1-27(2,3)38-26(37)36-16-13-20(14-17-36)19-7-9-22(10-8-19)34-25-33-18-23(28(29,30)31)24(35-25)12-11-21-6-4-5-15-32-21;1-2(3)4;/h4-5,7-10,15,18,20H,11-14,16-17H2,1-3H3,(H,33,34,35);1H3,(H,3,4);. The average molecular weight is 594 g/mol. The average Bonchev–Trinajstić information content (AvgIpc) is 2.91. The second-order valence-electron chi connectivity index (χ2n) is 11.3. The van der Waals surface area contributed by atoms with E-state index in [-0.39, 0.29) is 24.2 Å². The molecule has 0 atom stereocenters. The minimum absolute atomic E-state index is 0.0709. The molecule has 0 bridgehead atoms. The summed E-state index contributed by atoms with van der Waals surface area (Å²) < 4.78 is 47.3. The Labute approximate surface area is 258 Å². The molecular weight excluding hydrogens is 558 g/mol. The summed E-state index contributed by atoms with van der Waals surface area (Å²) in [5.41, 5.74) is 1.13. The molecule has 43 heavy (non-hydrogen) atoms. The van der Waals surface area contributed by atoms with Crippen LogP contribution >= 0.6 is 0 Å². The third-order valence-corrected chi connectivity index (χ3v) is 6.67. The zero-order chi connectivity index (χ0) is 31.8. The molecule has 1 aromatic carbocycles. The van der Waals surface area contributed by atoms with Gasteiger partial charge in [-0.15, -0.1) is 0 Å². The normalized spacial score (nSPS) is 14.0. The second-order valence-corrected chi connectivity index (χ2v) is 11.3. The van der Waals surface area contributed by atoms with E-state index in [9.17, 15) is 18.0 Å². The zero-order valence-electron chi connectivity index (χ0n) is 25.0. The number of pyridine rings is 1. The number of aliphatic carboxylic acids is 1. The van der Waals surface area contributed by atoms with Crippen molar-refractivity contribution in [3.8, 4) is 0 Å². The number of aryl methyl sites for hydroxylation is 2. The van der Waals surface area contributed by atoms with Crippen molar-refractivity contribution in [1.29, 1.82) is 0 Å². The molecule has 9 nitrogen and oxygen atoms in total. The molecule has 4 rings (SSSR count). The number of alkyl halides is 3. The number of carboxylic acid groups (broad SMARTS) is 1. The van der Waals surface area contributed by atoms with Gasteiger partial charge in [-0.05, 0) is 39.5 Å². The summed E-state index contributed by atoms with van der Waals surface area (Å²) in [5, 5.41) is 10.4. The van der Waals surface area contributed by atoms with Gasteiger partial charge in [0.05, 0.1) is 0 Å². The first kappa shape index (κ1) is 33.9. The van der Waals surface area contributed by atoms with Crippen molar-refractivity contribution in [2.45, 2.75) is 71.1 Å². The molecule has 2 N–H and O–H groups in total. The van der Waals surface area contributed by atoms with E-state index in [1.54, 1.807) is 17.2 Å². The van der Waals surface area contributed by atoms with Gasteiger partial charge in [-0.25, -0.2) is 4.79 Å². The van der Waals surface area contributed by atoms with Gasteiger partial charge >= 0.3 is 163 Å². The molecule has 3 heterocycles. The van der Waals surface area contributed by atoms with Crippen LogP contribution in [0.5, 0.6) is 0 Å². The molecule has 0 saturated carbocycles. The number of nitrogens with zero attached hydrogens (tertiary/aromatic N) is 4. The monoisotopic (exact) mass is 593 g/mol. The van der Waals surface area contributed by atoms with E-state index in [4.69, 9.17) is 14.6 Å². The van der Waals surface area contributed by atoms with Crippen LogP contribution in [0.15, 0.2) is 48.8 Å². The number of nitrogens with one attached hydrogen (secondary N) is 1. The molecule has 3 aromatic rings. The number of carbonyl (C=O) groups is 2. The van der Waals surface area contributed by atoms with Crippen LogP contribution < -0.4 is 9.55 Å². The summed E-state index contributed by atoms with van der Waals surface area (Å²) in [5.74, 6) is -0.420. The van der Waals surface area contributed by atoms with E-state index in [1.807, 2.05) is 68.8 Å². The number of carbonyl (C=O) groups excluding carboxylic acids is 1. The summed E-state index contributed by atoms with van der Waals surface area (Å²) in [4.78, 5) is 35.5. The van der Waals surface area contributed by atoms with Crippen molar-refractivity contribution in [1.82, 2.24) is 19.9 Å². The number of piperidine rings is 1.